The first-order valence-electron chi connectivity index (χ1n) is 8.76. The number of amides is 1. The number of carbonyl (C=O) groups is 3. The molecule has 0 aromatic rings. The van der Waals surface area contributed by atoms with Crippen LogP contribution in [0.25, 0.3) is 0 Å². The van der Waals surface area contributed by atoms with Crippen LogP contribution in [-0.2, 0) is 19.1 Å². The van der Waals surface area contributed by atoms with Crippen LogP contribution in [0.15, 0.2) is 0 Å². The highest BCUT2D eigenvalue weighted by atomic mass is 16.6. The number of hydrogen-bond acceptors (Lipinski definition) is 4. The smallest absolute Gasteiger partial charge is 0.329 e. The summed E-state index contributed by atoms with van der Waals surface area (Å²) in [6.07, 6.45) is 1.15. The Morgan fingerprint density at radius 3 is 2.00 bits per heavy atom. The van der Waals surface area contributed by atoms with E-state index in [2.05, 4.69) is 0 Å². The predicted octanol–water partition coefficient (Wildman–Crippen LogP) is 3.73. The summed E-state index contributed by atoms with van der Waals surface area (Å²) in [7, 11) is 0. The quantitative estimate of drug-likeness (QED) is 0.621. The van der Waals surface area contributed by atoms with Gasteiger partial charge in [0.15, 0.2) is 0 Å². The topological polar surface area (TPSA) is 83.9 Å². The molecule has 1 heterocycles. The van der Waals surface area contributed by atoms with Gasteiger partial charge in [-0.25, -0.2) is 4.79 Å². The summed E-state index contributed by atoms with van der Waals surface area (Å²) >= 11 is 0. The standard InChI is InChI=1S/C13H23NO3.2C2H6.CH2O2/c1-6-10(12(16)17-13(3,4)5)14-8-9(2)7-11(14)15;2*1-2;2-1-3/h9-10H,6-8H2,1-5H3;2*1-2H3;1H,(H,2,3). The first-order chi connectivity index (χ1) is 11.2. The van der Waals surface area contributed by atoms with Crippen LogP contribution in [0.5, 0.6) is 0 Å². The summed E-state index contributed by atoms with van der Waals surface area (Å²) in [5.41, 5.74) is -0.501. The number of carboxylic acid groups (broad SMARTS) is 1. The van der Waals surface area contributed by atoms with Crippen LogP contribution in [0.1, 0.15) is 75.2 Å². The minimum Gasteiger partial charge on any atom is -0.483 e. The lowest BCUT2D eigenvalue weighted by molar-refractivity contribution is -0.163. The lowest BCUT2D eigenvalue weighted by Gasteiger charge is -2.29. The number of carbonyl (C=O) groups excluding carboxylic acids is 2. The van der Waals surface area contributed by atoms with Gasteiger partial charge >= 0.3 is 5.97 Å². The Morgan fingerprint density at radius 1 is 1.33 bits per heavy atom. The van der Waals surface area contributed by atoms with Gasteiger partial charge in [0.2, 0.25) is 5.91 Å². The monoisotopic (exact) mass is 347 g/mol. The molecule has 0 spiro atoms. The summed E-state index contributed by atoms with van der Waals surface area (Å²) in [5, 5.41) is 6.89. The van der Waals surface area contributed by atoms with Crippen molar-refractivity contribution < 1.29 is 24.2 Å². The molecule has 0 aromatic heterocycles. The normalized spacial score (nSPS) is 17.1. The molecule has 2 unspecified atom stereocenters. The Balaban J connectivity index is -0.000000549. The molecule has 1 N–H and O–H groups in total. The minimum atomic E-state index is -0.501. The number of esters is 1. The number of likely N-dealkylation sites (tertiary alicyclic amines) is 1. The molecular weight excluding hydrogens is 310 g/mol. The Kier molecular flexibility index (Phi) is 17.0. The van der Waals surface area contributed by atoms with Crippen molar-refractivity contribution in [3.63, 3.8) is 0 Å². The largest absolute Gasteiger partial charge is 0.483 e. The fourth-order valence-corrected chi connectivity index (χ4v) is 2.10. The van der Waals surface area contributed by atoms with Crippen molar-refractivity contribution in [2.45, 2.75) is 86.8 Å². The highest BCUT2D eigenvalue weighted by molar-refractivity contribution is 5.86. The van der Waals surface area contributed by atoms with E-state index in [0.29, 0.717) is 25.3 Å². The van der Waals surface area contributed by atoms with Gasteiger partial charge < -0.3 is 14.7 Å². The van der Waals surface area contributed by atoms with E-state index in [9.17, 15) is 9.59 Å². The maximum absolute atomic E-state index is 12.0. The van der Waals surface area contributed by atoms with Gasteiger partial charge in [-0.15, -0.1) is 0 Å². The van der Waals surface area contributed by atoms with Crippen LogP contribution in [0.2, 0.25) is 0 Å². The van der Waals surface area contributed by atoms with E-state index < -0.39 is 11.6 Å². The molecule has 6 heteroatoms. The summed E-state index contributed by atoms with van der Waals surface area (Å²) in [5.74, 6) is 0.108. The van der Waals surface area contributed by atoms with E-state index >= 15 is 0 Å². The molecule has 24 heavy (non-hydrogen) atoms. The fraction of sp³-hybridized carbons (Fsp3) is 0.833. The molecule has 0 radical (unpaired) electrons. The van der Waals surface area contributed by atoms with Gasteiger partial charge in [0.25, 0.3) is 6.47 Å². The lowest BCUT2D eigenvalue weighted by atomic mass is 10.1. The molecule has 1 aliphatic rings. The third-order valence-corrected chi connectivity index (χ3v) is 2.79. The van der Waals surface area contributed by atoms with Crippen LogP contribution in [0, 0.1) is 5.92 Å². The second kappa shape index (κ2) is 15.0. The van der Waals surface area contributed by atoms with Gasteiger partial charge in [-0.05, 0) is 33.1 Å². The molecule has 1 saturated heterocycles. The molecule has 144 valence electrons. The highest BCUT2D eigenvalue weighted by Gasteiger charge is 2.36. The SMILES string of the molecule is CC.CC.CCC(C(=O)OC(C)(C)C)N1CC(C)CC1=O.O=CO. The summed E-state index contributed by atoms with van der Waals surface area (Å²) in [6.45, 7) is 17.9. The van der Waals surface area contributed by atoms with Crippen LogP contribution >= 0.6 is 0 Å². The van der Waals surface area contributed by atoms with E-state index in [1.807, 2.05) is 62.3 Å². The highest BCUT2D eigenvalue weighted by Crippen LogP contribution is 2.22. The van der Waals surface area contributed by atoms with Crippen molar-refractivity contribution in [1.82, 2.24) is 4.90 Å². The first kappa shape index (κ1) is 27.3. The van der Waals surface area contributed by atoms with Crippen molar-refractivity contribution in [3.05, 3.63) is 0 Å². The van der Waals surface area contributed by atoms with E-state index in [-0.39, 0.29) is 18.3 Å². The van der Waals surface area contributed by atoms with E-state index in [0.717, 1.165) is 0 Å². The summed E-state index contributed by atoms with van der Waals surface area (Å²) < 4.78 is 5.35. The number of hydrogen-bond donors (Lipinski definition) is 1. The Bertz CT molecular complexity index is 350. The molecule has 1 aliphatic heterocycles. The molecule has 2 atom stereocenters. The Labute approximate surface area is 147 Å². The number of nitrogens with zero attached hydrogens (tertiary/aromatic N) is 1. The van der Waals surface area contributed by atoms with Crippen molar-refractivity contribution in [2.24, 2.45) is 5.92 Å². The van der Waals surface area contributed by atoms with E-state index in [4.69, 9.17) is 14.6 Å². The Hall–Kier alpha value is -1.59. The van der Waals surface area contributed by atoms with Gasteiger partial charge in [0.05, 0.1) is 0 Å². The van der Waals surface area contributed by atoms with Crippen LogP contribution in [0.4, 0.5) is 0 Å². The maximum atomic E-state index is 12.0. The van der Waals surface area contributed by atoms with E-state index in [1.54, 1.807) is 4.90 Å². The fourth-order valence-electron chi connectivity index (χ4n) is 2.10. The molecular formula is C18H37NO5. The summed E-state index contributed by atoms with van der Waals surface area (Å²) in [4.78, 5) is 33.8. The minimum absolute atomic E-state index is 0.0650. The third-order valence-electron chi connectivity index (χ3n) is 2.79. The second-order valence-corrected chi connectivity index (χ2v) is 5.92. The average Bonchev–Trinajstić information content (AvgIpc) is 2.82. The van der Waals surface area contributed by atoms with Gasteiger partial charge in [0.1, 0.15) is 11.6 Å². The maximum Gasteiger partial charge on any atom is 0.329 e. The van der Waals surface area contributed by atoms with Crippen LogP contribution < -0.4 is 0 Å². The third kappa shape index (κ3) is 11.9. The van der Waals surface area contributed by atoms with Crippen molar-refractivity contribution in [1.29, 1.82) is 0 Å². The molecule has 0 aliphatic carbocycles. The molecule has 1 amide bonds. The number of rotatable bonds is 3. The zero-order valence-corrected chi connectivity index (χ0v) is 16.9. The number of ether oxygens (including phenoxy) is 1. The average molecular weight is 347 g/mol. The lowest BCUT2D eigenvalue weighted by Crippen LogP contribution is -2.44. The van der Waals surface area contributed by atoms with Gasteiger partial charge in [-0.2, -0.15) is 0 Å². The molecule has 1 fully saturated rings. The van der Waals surface area contributed by atoms with Crippen molar-refractivity contribution in [3.8, 4) is 0 Å². The molecule has 0 saturated carbocycles. The van der Waals surface area contributed by atoms with Crippen molar-refractivity contribution >= 4 is 18.3 Å². The first-order valence-corrected chi connectivity index (χ1v) is 8.76. The molecule has 0 aromatic carbocycles. The zero-order valence-electron chi connectivity index (χ0n) is 16.9. The van der Waals surface area contributed by atoms with Crippen LogP contribution in [0.3, 0.4) is 0 Å². The summed E-state index contributed by atoms with van der Waals surface area (Å²) in [6, 6.07) is -0.424. The molecule has 1 rings (SSSR count). The van der Waals surface area contributed by atoms with Crippen LogP contribution in [-0.4, -0.2) is 46.5 Å². The van der Waals surface area contributed by atoms with E-state index in [1.165, 1.54) is 0 Å². The molecule has 6 nitrogen and oxygen atoms in total. The van der Waals surface area contributed by atoms with Gasteiger partial charge in [-0.3, -0.25) is 9.59 Å². The van der Waals surface area contributed by atoms with Gasteiger partial charge in [-0.1, -0.05) is 41.5 Å². The predicted molar refractivity (Wildman–Crippen MR) is 96.8 cm³/mol. The van der Waals surface area contributed by atoms with Gasteiger partial charge in [0, 0.05) is 13.0 Å². The Morgan fingerprint density at radius 2 is 1.75 bits per heavy atom. The molecule has 0 bridgehead atoms. The second-order valence-electron chi connectivity index (χ2n) is 5.92. The zero-order chi connectivity index (χ0) is 19.9. The van der Waals surface area contributed by atoms with Crippen molar-refractivity contribution in [2.75, 3.05) is 6.54 Å².